The molecule has 0 rings (SSSR count). The number of hydrogen-bond donors (Lipinski definition) is 1. The standard InChI is InChI=1S/C11H16N2/c1-12-10-8-6-4-3-5-7-9-11-13-2/h3-12H,1-2H3. The van der Waals surface area contributed by atoms with E-state index in [0.717, 1.165) is 0 Å². The van der Waals surface area contributed by atoms with E-state index in [9.17, 15) is 0 Å². The van der Waals surface area contributed by atoms with Crippen molar-refractivity contribution in [1.82, 2.24) is 5.32 Å². The summed E-state index contributed by atoms with van der Waals surface area (Å²) >= 11 is 0. The summed E-state index contributed by atoms with van der Waals surface area (Å²) in [4.78, 5) is 3.81. The van der Waals surface area contributed by atoms with Crippen LogP contribution < -0.4 is 5.32 Å². The largest absolute Gasteiger partial charge is 0.394 e. The minimum atomic E-state index is 1.74. The van der Waals surface area contributed by atoms with Crippen molar-refractivity contribution in [3.63, 3.8) is 0 Å². The fraction of sp³-hybridized carbons (Fsp3) is 0.182. The van der Waals surface area contributed by atoms with Gasteiger partial charge in [-0.15, -0.1) is 0 Å². The highest BCUT2D eigenvalue weighted by Crippen LogP contribution is 1.80. The van der Waals surface area contributed by atoms with E-state index < -0.39 is 0 Å². The molecule has 0 aromatic rings. The zero-order valence-electron chi connectivity index (χ0n) is 8.14. The smallest absolute Gasteiger partial charge is 0.0277 e. The van der Waals surface area contributed by atoms with Crippen LogP contribution in [0.3, 0.4) is 0 Å². The maximum absolute atomic E-state index is 3.81. The summed E-state index contributed by atoms with van der Waals surface area (Å²) in [6.45, 7) is 0. The van der Waals surface area contributed by atoms with Gasteiger partial charge in [-0.25, -0.2) is 0 Å². The van der Waals surface area contributed by atoms with Gasteiger partial charge in [-0.2, -0.15) is 0 Å². The topological polar surface area (TPSA) is 24.4 Å². The summed E-state index contributed by atoms with van der Waals surface area (Å²) in [6.07, 6.45) is 17.2. The third kappa shape index (κ3) is 10.4. The Labute approximate surface area is 80.1 Å². The van der Waals surface area contributed by atoms with Crippen molar-refractivity contribution in [2.24, 2.45) is 4.99 Å². The highest BCUT2D eigenvalue weighted by molar-refractivity contribution is 5.71. The molecule has 0 saturated carbocycles. The monoisotopic (exact) mass is 176 g/mol. The van der Waals surface area contributed by atoms with E-state index in [2.05, 4.69) is 10.3 Å². The van der Waals surface area contributed by atoms with E-state index in [0.29, 0.717) is 0 Å². The minimum Gasteiger partial charge on any atom is -0.394 e. The average molecular weight is 176 g/mol. The van der Waals surface area contributed by atoms with Gasteiger partial charge in [0.05, 0.1) is 0 Å². The van der Waals surface area contributed by atoms with E-state index in [1.807, 2.05) is 55.8 Å². The predicted octanol–water partition coefficient (Wildman–Crippen LogP) is 2.09. The van der Waals surface area contributed by atoms with Gasteiger partial charge in [0.2, 0.25) is 0 Å². The first-order valence-corrected chi connectivity index (χ1v) is 4.16. The van der Waals surface area contributed by atoms with Crippen LogP contribution in [0, 0.1) is 0 Å². The molecule has 0 aliphatic heterocycles. The van der Waals surface area contributed by atoms with E-state index in [1.54, 1.807) is 13.3 Å². The maximum atomic E-state index is 3.81. The lowest BCUT2D eigenvalue weighted by atomic mass is 10.4. The molecule has 1 N–H and O–H groups in total. The van der Waals surface area contributed by atoms with Crippen molar-refractivity contribution in [2.45, 2.75) is 0 Å². The van der Waals surface area contributed by atoms with Crippen molar-refractivity contribution in [3.8, 4) is 0 Å². The van der Waals surface area contributed by atoms with Crippen LogP contribution in [0.4, 0.5) is 0 Å². The predicted molar refractivity (Wildman–Crippen MR) is 60.0 cm³/mol. The molecular weight excluding hydrogens is 160 g/mol. The van der Waals surface area contributed by atoms with Crippen LogP contribution in [0.25, 0.3) is 0 Å². The molecule has 0 atom stereocenters. The third-order valence-corrected chi connectivity index (χ3v) is 1.16. The Hall–Kier alpha value is -1.57. The number of hydrogen-bond acceptors (Lipinski definition) is 2. The molecule has 0 bridgehead atoms. The lowest BCUT2D eigenvalue weighted by Gasteiger charge is -1.78. The highest BCUT2D eigenvalue weighted by Gasteiger charge is 1.62. The molecule has 13 heavy (non-hydrogen) atoms. The highest BCUT2D eigenvalue weighted by atomic mass is 14.8. The van der Waals surface area contributed by atoms with Gasteiger partial charge in [0.25, 0.3) is 0 Å². The molecule has 0 saturated heterocycles. The second-order valence-electron chi connectivity index (χ2n) is 2.21. The third-order valence-electron chi connectivity index (χ3n) is 1.16. The van der Waals surface area contributed by atoms with Gasteiger partial charge in [-0.05, 0) is 18.4 Å². The Bertz CT molecular complexity index is 232. The molecule has 0 aromatic heterocycles. The second-order valence-corrected chi connectivity index (χ2v) is 2.21. The molecule has 2 heteroatoms. The summed E-state index contributed by atoms with van der Waals surface area (Å²) in [6, 6.07) is 0. The average Bonchev–Trinajstić information content (AvgIpc) is 2.16. The van der Waals surface area contributed by atoms with Crippen molar-refractivity contribution in [1.29, 1.82) is 0 Å². The lowest BCUT2D eigenvalue weighted by molar-refractivity contribution is 1.10. The molecule has 0 aliphatic carbocycles. The van der Waals surface area contributed by atoms with Crippen LogP contribution in [0.5, 0.6) is 0 Å². The number of nitrogens with one attached hydrogen (secondary N) is 1. The van der Waals surface area contributed by atoms with Gasteiger partial charge >= 0.3 is 0 Å². The molecule has 0 amide bonds. The zero-order chi connectivity index (χ0) is 9.78. The van der Waals surface area contributed by atoms with Gasteiger partial charge in [-0.1, -0.05) is 30.4 Å². The van der Waals surface area contributed by atoms with E-state index in [-0.39, 0.29) is 0 Å². The lowest BCUT2D eigenvalue weighted by Crippen LogP contribution is -1.89. The Morgan fingerprint density at radius 3 is 1.92 bits per heavy atom. The Balaban J connectivity index is 3.62. The van der Waals surface area contributed by atoms with Crippen molar-refractivity contribution in [3.05, 3.63) is 48.7 Å². The fourth-order valence-electron chi connectivity index (χ4n) is 0.608. The van der Waals surface area contributed by atoms with Crippen molar-refractivity contribution < 1.29 is 0 Å². The van der Waals surface area contributed by atoms with Crippen molar-refractivity contribution >= 4 is 6.21 Å². The van der Waals surface area contributed by atoms with Crippen LogP contribution in [0.2, 0.25) is 0 Å². The number of nitrogens with zero attached hydrogens (tertiary/aromatic N) is 1. The van der Waals surface area contributed by atoms with Gasteiger partial charge < -0.3 is 5.32 Å². The number of allylic oxidation sites excluding steroid dienone is 7. The molecule has 0 radical (unpaired) electrons. The number of rotatable bonds is 5. The maximum Gasteiger partial charge on any atom is 0.0277 e. The summed E-state index contributed by atoms with van der Waals surface area (Å²) in [5, 5.41) is 2.90. The summed E-state index contributed by atoms with van der Waals surface area (Å²) in [5.74, 6) is 0. The SMILES string of the molecule is CN=CC=CC=CC=CC=CNC. The molecule has 0 aliphatic rings. The summed E-state index contributed by atoms with van der Waals surface area (Å²) in [5.41, 5.74) is 0. The van der Waals surface area contributed by atoms with E-state index in [1.165, 1.54) is 0 Å². The van der Waals surface area contributed by atoms with Crippen LogP contribution in [-0.2, 0) is 0 Å². The minimum absolute atomic E-state index is 1.74. The second kappa shape index (κ2) is 10.4. The summed E-state index contributed by atoms with van der Waals surface area (Å²) in [7, 11) is 3.61. The van der Waals surface area contributed by atoms with Crippen LogP contribution >= 0.6 is 0 Å². The number of aliphatic imine (C=N–C) groups is 1. The normalized spacial score (nSPS) is 13.4. The quantitative estimate of drug-likeness (QED) is 0.503. The first kappa shape index (κ1) is 11.4. The van der Waals surface area contributed by atoms with Crippen LogP contribution in [0.15, 0.2) is 53.7 Å². The van der Waals surface area contributed by atoms with Crippen molar-refractivity contribution in [2.75, 3.05) is 14.1 Å². The van der Waals surface area contributed by atoms with E-state index in [4.69, 9.17) is 0 Å². The zero-order valence-corrected chi connectivity index (χ0v) is 8.14. The molecule has 0 fully saturated rings. The van der Waals surface area contributed by atoms with Crippen LogP contribution in [-0.4, -0.2) is 20.3 Å². The molecule has 70 valence electrons. The molecule has 2 nitrogen and oxygen atoms in total. The molecular formula is C11H16N2. The first-order valence-electron chi connectivity index (χ1n) is 4.16. The molecule has 0 aromatic carbocycles. The Kier molecular flexibility index (Phi) is 9.17. The van der Waals surface area contributed by atoms with Crippen LogP contribution in [0.1, 0.15) is 0 Å². The van der Waals surface area contributed by atoms with E-state index >= 15 is 0 Å². The van der Waals surface area contributed by atoms with Gasteiger partial charge in [-0.3, -0.25) is 4.99 Å². The Morgan fingerprint density at radius 2 is 1.38 bits per heavy atom. The molecule has 0 unspecified atom stereocenters. The Morgan fingerprint density at radius 1 is 0.846 bits per heavy atom. The van der Waals surface area contributed by atoms with Gasteiger partial charge in [0.1, 0.15) is 0 Å². The fourth-order valence-corrected chi connectivity index (χ4v) is 0.608. The first-order chi connectivity index (χ1) is 6.41. The molecule has 0 spiro atoms. The molecule has 0 heterocycles. The van der Waals surface area contributed by atoms with Gasteiger partial charge in [0.15, 0.2) is 0 Å². The van der Waals surface area contributed by atoms with Gasteiger partial charge in [0, 0.05) is 20.3 Å². The summed E-state index contributed by atoms with van der Waals surface area (Å²) < 4.78 is 0.